The molecule has 0 radical (unpaired) electrons. The van der Waals surface area contributed by atoms with Gasteiger partial charge in [0.2, 0.25) is 5.91 Å². The normalized spacial score (nSPS) is 19.2. The largest absolute Gasteiger partial charge is 0.366 e. The Labute approximate surface area is 147 Å². The molecule has 130 valence electrons. The van der Waals surface area contributed by atoms with Gasteiger partial charge in [0.15, 0.2) is 0 Å². The van der Waals surface area contributed by atoms with E-state index in [0.717, 1.165) is 12.1 Å². The zero-order chi connectivity index (χ0) is 17.8. The van der Waals surface area contributed by atoms with Gasteiger partial charge in [-0.3, -0.25) is 4.79 Å². The second-order valence-electron chi connectivity index (χ2n) is 6.53. The van der Waals surface area contributed by atoms with Gasteiger partial charge in [0.05, 0.1) is 6.04 Å². The van der Waals surface area contributed by atoms with Crippen LogP contribution < -0.4 is 11.1 Å². The van der Waals surface area contributed by atoms with Crippen LogP contribution in [0.3, 0.4) is 0 Å². The highest BCUT2D eigenvalue weighted by molar-refractivity contribution is 5.92. The number of carbonyl (C=O) groups is 2. The number of nitrogens with zero attached hydrogens (tertiary/aromatic N) is 1. The zero-order valence-corrected chi connectivity index (χ0v) is 14.3. The first kappa shape index (κ1) is 17.0. The van der Waals surface area contributed by atoms with Gasteiger partial charge in [-0.05, 0) is 35.6 Å². The summed E-state index contributed by atoms with van der Waals surface area (Å²) in [6.07, 6.45) is 0.659. The molecule has 1 heterocycles. The van der Waals surface area contributed by atoms with Crippen LogP contribution in [0.2, 0.25) is 0 Å². The molecule has 3 rings (SSSR count). The minimum atomic E-state index is -0.439. The van der Waals surface area contributed by atoms with Gasteiger partial charge in [0.25, 0.3) is 0 Å². The first-order chi connectivity index (χ1) is 12.1. The number of primary amides is 1. The molecule has 1 aliphatic rings. The molecule has 0 unspecified atom stereocenters. The molecule has 0 aliphatic carbocycles. The summed E-state index contributed by atoms with van der Waals surface area (Å²) in [6, 6.07) is 17.4. The Morgan fingerprint density at radius 2 is 1.92 bits per heavy atom. The molecule has 0 saturated carbocycles. The Bertz CT molecular complexity index is 761. The maximum absolute atomic E-state index is 12.5. The van der Waals surface area contributed by atoms with Gasteiger partial charge >= 0.3 is 6.03 Å². The molecule has 1 aliphatic heterocycles. The highest BCUT2D eigenvalue weighted by Gasteiger charge is 2.39. The van der Waals surface area contributed by atoms with Crippen LogP contribution in [0, 0.1) is 5.92 Å². The van der Waals surface area contributed by atoms with Gasteiger partial charge in [0, 0.05) is 18.7 Å². The minimum absolute atomic E-state index is 0.0435. The lowest BCUT2D eigenvalue weighted by Crippen LogP contribution is -2.55. The van der Waals surface area contributed by atoms with Crippen molar-refractivity contribution in [3.05, 3.63) is 71.3 Å². The average molecular weight is 337 g/mol. The number of nitrogens with two attached hydrogens (primary N) is 1. The van der Waals surface area contributed by atoms with Crippen molar-refractivity contribution in [2.24, 2.45) is 11.7 Å². The molecular weight excluding hydrogens is 314 g/mol. The molecule has 3 N–H and O–H groups in total. The molecule has 1 saturated heterocycles. The van der Waals surface area contributed by atoms with Gasteiger partial charge in [0.1, 0.15) is 0 Å². The van der Waals surface area contributed by atoms with Crippen molar-refractivity contribution in [1.29, 1.82) is 0 Å². The lowest BCUT2D eigenvalue weighted by atomic mass is 9.85. The number of urea groups is 1. The maximum Gasteiger partial charge on any atom is 0.317 e. The van der Waals surface area contributed by atoms with Crippen LogP contribution in [-0.2, 0) is 6.42 Å². The van der Waals surface area contributed by atoms with Crippen molar-refractivity contribution in [1.82, 2.24) is 10.2 Å². The summed E-state index contributed by atoms with van der Waals surface area (Å²) in [5, 5.41) is 2.97. The molecule has 5 nitrogen and oxygen atoms in total. The molecule has 2 aromatic rings. The van der Waals surface area contributed by atoms with Crippen molar-refractivity contribution in [3.8, 4) is 0 Å². The summed E-state index contributed by atoms with van der Waals surface area (Å²) >= 11 is 0. The number of likely N-dealkylation sites (tertiary alicyclic amines) is 1. The Balaban J connectivity index is 1.54. The number of hydrogen-bond acceptors (Lipinski definition) is 2. The van der Waals surface area contributed by atoms with Crippen molar-refractivity contribution >= 4 is 11.9 Å². The Morgan fingerprint density at radius 3 is 2.60 bits per heavy atom. The molecule has 0 spiro atoms. The smallest absolute Gasteiger partial charge is 0.317 e. The van der Waals surface area contributed by atoms with Gasteiger partial charge in [-0.15, -0.1) is 0 Å². The SMILES string of the molecule is C[C@@H]1CN(C(=O)NCCc2cccc(C(N)=O)c2)[C@@H]1c1ccccc1. The molecule has 1 fully saturated rings. The number of hydrogen-bond donors (Lipinski definition) is 2. The van der Waals surface area contributed by atoms with E-state index < -0.39 is 5.91 Å². The van der Waals surface area contributed by atoms with E-state index in [0.29, 0.717) is 24.4 Å². The minimum Gasteiger partial charge on any atom is -0.366 e. The van der Waals surface area contributed by atoms with Gasteiger partial charge in [-0.2, -0.15) is 0 Å². The standard InChI is InChI=1S/C20H23N3O2/c1-14-13-23(18(14)16-7-3-2-4-8-16)20(25)22-11-10-15-6-5-9-17(12-15)19(21)24/h2-9,12,14,18H,10-11,13H2,1H3,(H2,21,24)(H,22,25)/t14-,18+/m1/s1. The van der Waals surface area contributed by atoms with Crippen molar-refractivity contribution in [3.63, 3.8) is 0 Å². The fourth-order valence-electron chi connectivity index (χ4n) is 3.36. The van der Waals surface area contributed by atoms with E-state index in [-0.39, 0.29) is 12.1 Å². The lowest BCUT2D eigenvalue weighted by molar-refractivity contribution is 0.0594. The summed E-state index contributed by atoms with van der Waals surface area (Å²) in [6.45, 7) is 3.45. The van der Waals surface area contributed by atoms with Gasteiger partial charge < -0.3 is 16.0 Å². The topological polar surface area (TPSA) is 75.4 Å². The van der Waals surface area contributed by atoms with E-state index in [1.807, 2.05) is 29.2 Å². The highest BCUT2D eigenvalue weighted by Crippen LogP contribution is 2.38. The number of rotatable bonds is 5. The second kappa shape index (κ2) is 7.38. The van der Waals surface area contributed by atoms with E-state index in [1.165, 1.54) is 5.56 Å². The molecule has 5 heteroatoms. The second-order valence-corrected chi connectivity index (χ2v) is 6.53. The van der Waals surface area contributed by atoms with E-state index in [4.69, 9.17) is 5.73 Å². The first-order valence-electron chi connectivity index (χ1n) is 8.54. The number of nitrogens with one attached hydrogen (secondary N) is 1. The number of carbonyl (C=O) groups excluding carboxylic acids is 2. The van der Waals surface area contributed by atoms with Crippen LogP contribution in [0.25, 0.3) is 0 Å². The summed E-state index contributed by atoms with van der Waals surface area (Å²) < 4.78 is 0. The van der Waals surface area contributed by atoms with Crippen molar-refractivity contribution in [2.75, 3.05) is 13.1 Å². The summed E-state index contributed by atoms with van der Waals surface area (Å²) in [5.41, 5.74) is 7.94. The fourth-order valence-corrected chi connectivity index (χ4v) is 3.36. The molecule has 0 bridgehead atoms. The average Bonchev–Trinajstić information content (AvgIpc) is 2.60. The quantitative estimate of drug-likeness (QED) is 0.880. The number of benzene rings is 2. The van der Waals surface area contributed by atoms with E-state index >= 15 is 0 Å². The van der Waals surface area contributed by atoms with Crippen LogP contribution in [-0.4, -0.2) is 29.9 Å². The van der Waals surface area contributed by atoms with Crippen LogP contribution >= 0.6 is 0 Å². The highest BCUT2D eigenvalue weighted by atomic mass is 16.2. The maximum atomic E-state index is 12.5. The molecule has 25 heavy (non-hydrogen) atoms. The van der Waals surface area contributed by atoms with Crippen LogP contribution in [0.1, 0.15) is 34.5 Å². The van der Waals surface area contributed by atoms with E-state index in [1.54, 1.807) is 18.2 Å². The predicted octanol–water partition coefficient (Wildman–Crippen LogP) is 2.73. The Morgan fingerprint density at radius 1 is 1.16 bits per heavy atom. The van der Waals surface area contributed by atoms with Crippen LogP contribution in [0.5, 0.6) is 0 Å². The van der Waals surface area contributed by atoms with Crippen LogP contribution in [0.4, 0.5) is 4.79 Å². The van der Waals surface area contributed by atoms with E-state index in [2.05, 4.69) is 24.4 Å². The molecule has 2 atom stereocenters. The van der Waals surface area contributed by atoms with E-state index in [9.17, 15) is 9.59 Å². The summed E-state index contributed by atoms with van der Waals surface area (Å²) in [4.78, 5) is 25.6. The fraction of sp³-hybridized carbons (Fsp3) is 0.300. The van der Waals surface area contributed by atoms with Crippen molar-refractivity contribution < 1.29 is 9.59 Å². The Hall–Kier alpha value is -2.82. The summed E-state index contributed by atoms with van der Waals surface area (Å²) in [5.74, 6) is 0.0200. The van der Waals surface area contributed by atoms with Gasteiger partial charge in [-0.25, -0.2) is 4.79 Å². The zero-order valence-electron chi connectivity index (χ0n) is 14.3. The van der Waals surface area contributed by atoms with Gasteiger partial charge in [-0.1, -0.05) is 49.4 Å². The molecule has 3 amide bonds. The Kier molecular flexibility index (Phi) is 5.03. The third kappa shape index (κ3) is 3.82. The number of amides is 3. The molecular formula is C20H23N3O2. The lowest BCUT2D eigenvalue weighted by Gasteiger charge is -2.46. The first-order valence-corrected chi connectivity index (χ1v) is 8.54. The monoisotopic (exact) mass is 337 g/mol. The third-order valence-corrected chi connectivity index (χ3v) is 4.66. The molecule has 0 aromatic heterocycles. The molecule has 2 aromatic carbocycles. The van der Waals surface area contributed by atoms with Crippen molar-refractivity contribution in [2.45, 2.75) is 19.4 Å². The van der Waals surface area contributed by atoms with Crippen LogP contribution in [0.15, 0.2) is 54.6 Å². The predicted molar refractivity (Wildman–Crippen MR) is 97.1 cm³/mol. The third-order valence-electron chi connectivity index (χ3n) is 4.66. The summed E-state index contributed by atoms with van der Waals surface area (Å²) in [7, 11) is 0.